The van der Waals surface area contributed by atoms with Crippen LogP contribution in [-0.2, 0) is 11.3 Å². The van der Waals surface area contributed by atoms with Gasteiger partial charge in [-0.15, -0.1) is 10.2 Å². The second-order valence-corrected chi connectivity index (χ2v) is 9.14. The van der Waals surface area contributed by atoms with E-state index in [9.17, 15) is 4.79 Å². The van der Waals surface area contributed by atoms with Crippen LogP contribution in [0.5, 0.6) is 11.5 Å². The fourth-order valence-corrected chi connectivity index (χ4v) is 4.94. The lowest BCUT2D eigenvalue weighted by Crippen LogP contribution is -2.38. The Kier molecular flexibility index (Phi) is 6.55. The number of anilines is 1. The first kappa shape index (κ1) is 22.4. The molecule has 2 amide bonds. The molecule has 1 N–H and O–H groups in total. The molecular weight excluding hydrogens is 410 g/mol. The van der Waals surface area contributed by atoms with Crippen molar-refractivity contribution in [3.05, 3.63) is 30.4 Å². The first-order valence-corrected chi connectivity index (χ1v) is 11.2. The van der Waals surface area contributed by atoms with Crippen molar-refractivity contribution in [2.24, 2.45) is 11.3 Å². The highest BCUT2D eigenvalue weighted by Crippen LogP contribution is 2.49. The number of likely N-dealkylation sites (tertiary alicyclic amines) is 1. The van der Waals surface area contributed by atoms with Crippen LogP contribution in [0.4, 0.5) is 10.5 Å². The minimum Gasteiger partial charge on any atom is -0.497 e. The smallest absolute Gasteiger partial charge is 0.321 e. The number of amides is 2. The third-order valence-corrected chi connectivity index (χ3v) is 6.59. The Morgan fingerprint density at radius 1 is 1.28 bits per heavy atom. The molecule has 2 saturated heterocycles. The maximum atomic E-state index is 13.3. The molecule has 0 aliphatic carbocycles. The van der Waals surface area contributed by atoms with Crippen molar-refractivity contribution in [3.8, 4) is 11.5 Å². The largest absolute Gasteiger partial charge is 0.497 e. The number of benzene rings is 1. The third-order valence-electron chi connectivity index (χ3n) is 6.59. The average molecular weight is 444 g/mol. The lowest BCUT2D eigenvalue weighted by atomic mass is 9.71. The first-order chi connectivity index (χ1) is 15.5. The Morgan fingerprint density at radius 3 is 2.75 bits per heavy atom. The summed E-state index contributed by atoms with van der Waals surface area (Å²) in [5.74, 6) is 2.81. The Morgan fingerprint density at radius 2 is 2.06 bits per heavy atom. The third kappa shape index (κ3) is 4.39. The van der Waals surface area contributed by atoms with Gasteiger partial charge in [0.2, 0.25) is 0 Å². The van der Waals surface area contributed by atoms with Crippen LogP contribution in [0.15, 0.2) is 24.5 Å². The number of carbonyl (C=O) groups excluding carboxylic acids is 1. The Labute approximate surface area is 189 Å². The quantitative estimate of drug-likeness (QED) is 0.736. The number of hydrogen-bond acceptors (Lipinski definition) is 6. The van der Waals surface area contributed by atoms with Gasteiger partial charge in [-0.05, 0) is 30.9 Å². The van der Waals surface area contributed by atoms with Crippen molar-refractivity contribution >= 4 is 11.7 Å². The highest BCUT2D eigenvalue weighted by molar-refractivity contribution is 5.91. The van der Waals surface area contributed by atoms with Gasteiger partial charge in [-0.3, -0.25) is 0 Å². The zero-order chi connectivity index (χ0) is 22.7. The van der Waals surface area contributed by atoms with Gasteiger partial charge in [0.15, 0.2) is 0 Å². The maximum absolute atomic E-state index is 13.3. The van der Waals surface area contributed by atoms with Gasteiger partial charge in [0, 0.05) is 50.2 Å². The van der Waals surface area contributed by atoms with E-state index in [0.29, 0.717) is 49.4 Å². The van der Waals surface area contributed by atoms with E-state index < -0.39 is 0 Å². The molecular formula is C23H33N5O4. The summed E-state index contributed by atoms with van der Waals surface area (Å²) in [7, 11) is 3.18. The van der Waals surface area contributed by atoms with E-state index in [-0.39, 0.29) is 17.4 Å². The van der Waals surface area contributed by atoms with Crippen molar-refractivity contribution in [2.75, 3.05) is 45.8 Å². The highest BCUT2D eigenvalue weighted by Gasteiger charge is 2.51. The van der Waals surface area contributed by atoms with Gasteiger partial charge >= 0.3 is 6.03 Å². The van der Waals surface area contributed by atoms with Gasteiger partial charge in [0.25, 0.3) is 0 Å². The van der Waals surface area contributed by atoms with E-state index in [1.54, 1.807) is 32.4 Å². The van der Waals surface area contributed by atoms with Crippen molar-refractivity contribution in [1.82, 2.24) is 19.7 Å². The van der Waals surface area contributed by atoms with E-state index >= 15 is 0 Å². The second-order valence-electron chi connectivity index (χ2n) is 9.14. The summed E-state index contributed by atoms with van der Waals surface area (Å²) in [6, 6.07) is 5.21. The predicted octanol–water partition coefficient (Wildman–Crippen LogP) is 3.38. The fourth-order valence-electron chi connectivity index (χ4n) is 4.94. The Balaban J connectivity index is 1.59. The minimum atomic E-state index is -0.153. The topological polar surface area (TPSA) is 90.7 Å². The molecule has 4 rings (SSSR count). The molecule has 174 valence electrons. The number of nitrogens with zero attached hydrogens (tertiary/aromatic N) is 4. The summed E-state index contributed by atoms with van der Waals surface area (Å²) in [5, 5.41) is 11.7. The fraction of sp³-hybridized carbons (Fsp3) is 0.609. The van der Waals surface area contributed by atoms with E-state index in [0.717, 1.165) is 25.2 Å². The number of carbonyl (C=O) groups is 1. The molecule has 0 saturated carbocycles. The first-order valence-electron chi connectivity index (χ1n) is 11.2. The van der Waals surface area contributed by atoms with Gasteiger partial charge in [-0.1, -0.05) is 13.8 Å². The molecule has 2 aliphatic heterocycles. The van der Waals surface area contributed by atoms with E-state index in [2.05, 4.69) is 33.9 Å². The molecule has 0 bridgehead atoms. The van der Waals surface area contributed by atoms with Gasteiger partial charge in [0.1, 0.15) is 23.7 Å². The van der Waals surface area contributed by atoms with Crippen molar-refractivity contribution < 1.29 is 19.0 Å². The molecule has 1 unspecified atom stereocenters. The number of nitrogens with one attached hydrogen (secondary N) is 1. The molecule has 2 aliphatic rings. The number of hydrogen-bond donors (Lipinski definition) is 1. The average Bonchev–Trinajstić information content (AvgIpc) is 3.38. The SMILES string of the molecule is COc1ccc(OC)c(NC(=O)N2CC(c3nncn3CC(C)C)C3(CCOCC3)C2)c1. The summed E-state index contributed by atoms with van der Waals surface area (Å²) in [4.78, 5) is 15.2. The monoisotopic (exact) mass is 443 g/mol. The predicted molar refractivity (Wildman–Crippen MR) is 120 cm³/mol. The molecule has 9 heteroatoms. The maximum Gasteiger partial charge on any atom is 0.321 e. The second kappa shape index (κ2) is 9.36. The summed E-state index contributed by atoms with van der Waals surface area (Å²) in [6.07, 6.45) is 3.61. The number of ether oxygens (including phenoxy) is 3. The number of urea groups is 1. The Bertz CT molecular complexity index is 938. The summed E-state index contributed by atoms with van der Waals surface area (Å²) >= 11 is 0. The van der Waals surface area contributed by atoms with E-state index in [1.165, 1.54) is 0 Å². The minimum absolute atomic E-state index is 0.0597. The standard InChI is InChI=1S/C23H33N5O4/c1-16(2)12-28-15-24-26-21(28)18-13-27(14-23(18)7-9-32-10-8-23)22(29)25-19-11-17(30-3)5-6-20(19)31-4/h5-6,11,15-16,18H,7-10,12-14H2,1-4H3,(H,25,29). The zero-order valence-electron chi connectivity index (χ0n) is 19.3. The molecule has 1 aromatic heterocycles. The van der Waals surface area contributed by atoms with Gasteiger partial charge in [-0.25, -0.2) is 4.79 Å². The van der Waals surface area contributed by atoms with E-state index in [1.807, 2.05) is 11.2 Å². The normalized spacial score (nSPS) is 20.0. The van der Waals surface area contributed by atoms with Crippen LogP contribution in [0.1, 0.15) is 38.4 Å². The van der Waals surface area contributed by atoms with Gasteiger partial charge in [0.05, 0.1) is 19.9 Å². The molecule has 1 atom stereocenters. The lowest BCUT2D eigenvalue weighted by Gasteiger charge is -2.37. The summed E-state index contributed by atoms with van der Waals surface area (Å²) < 4.78 is 18.6. The number of aromatic nitrogens is 3. The Hall–Kier alpha value is -2.81. The van der Waals surface area contributed by atoms with Crippen LogP contribution in [0, 0.1) is 11.3 Å². The highest BCUT2D eigenvalue weighted by atomic mass is 16.5. The van der Waals surface area contributed by atoms with Crippen LogP contribution in [0.2, 0.25) is 0 Å². The van der Waals surface area contributed by atoms with Crippen LogP contribution in [0.25, 0.3) is 0 Å². The zero-order valence-corrected chi connectivity index (χ0v) is 19.3. The molecule has 2 fully saturated rings. The molecule has 0 radical (unpaired) electrons. The molecule has 1 spiro atoms. The molecule has 1 aromatic carbocycles. The molecule has 2 aromatic rings. The number of methoxy groups -OCH3 is 2. The summed E-state index contributed by atoms with van der Waals surface area (Å²) in [5.41, 5.74) is 0.528. The van der Waals surface area contributed by atoms with Crippen molar-refractivity contribution in [3.63, 3.8) is 0 Å². The van der Waals surface area contributed by atoms with Crippen LogP contribution in [0.3, 0.4) is 0 Å². The number of rotatable bonds is 6. The lowest BCUT2D eigenvalue weighted by molar-refractivity contribution is 0.0120. The summed E-state index contributed by atoms with van der Waals surface area (Å²) in [6.45, 7) is 7.89. The van der Waals surface area contributed by atoms with Gasteiger partial charge in [-0.2, -0.15) is 0 Å². The van der Waals surface area contributed by atoms with Crippen LogP contribution >= 0.6 is 0 Å². The van der Waals surface area contributed by atoms with E-state index in [4.69, 9.17) is 14.2 Å². The molecule has 9 nitrogen and oxygen atoms in total. The molecule has 32 heavy (non-hydrogen) atoms. The van der Waals surface area contributed by atoms with Crippen LogP contribution in [-0.4, -0.2) is 66.2 Å². The van der Waals surface area contributed by atoms with Crippen LogP contribution < -0.4 is 14.8 Å². The van der Waals surface area contributed by atoms with Gasteiger partial charge < -0.3 is 29.0 Å². The molecule has 3 heterocycles. The van der Waals surface area contributed by atoms with Crippen molar-refractivity contribution in [2.45, 2.75) is 39.2 Å². The van der Waals surface area contributed by atoms with Crippen molar-refractivity contribution in [1.29, 1.82) is 0 Å².